The normalized spacial score (nSPS) is 17.1. The molecule has 1 saturated heterocycles. The van der Waals surface area contributed by atoms with Crippen molar-refractivity contribution in [3.8, 4) is 0 Å². The molecule has 0 unspecified atom stereocenters. The molecule has 2 N–H and O–H groups in total. The predicted octanol–water partition coefficient (Wildman–Crippen LogP) is 2.79. The first-order valence-corrected chi connectivity index (χ1v) is 8.29. The number of nitrogen functional groups attached to an aromatic ring is 1. The Bertz CT molecular complexity index is 893. The van der Waals surface area contributed by atoms with Crippen LogP contribution < -0.4 is 5.73 Å². The minimum absolute atomic E-state index is 0.118. The van der Waals surface area contributed by atoms with Crippen LogP contribution in [0.5, 0.6) is 0 Å². The number of nitrogens with zero attached hydrogens (tertiary/aromatic N) is 4. The first-order chi connectivity index (χ1) is 12.2. The quantitative estimate of drug-likeness (QED) is 0.794. The van der Waals surface area contributed by atoms with Crippen LogP contribution in [0.15, 0.2) is 48.9 Å². The summed E-state index contributed by atoms with van der Waals surface area (Å²) in [5.74, 6) is 1.22. The van der Waals surface area contributed by atoms with Gasteiger partial charge in [-0.3, -0.25) is 9.30 Å². The van der Waals surface area contributed by atoms with Gasteiger partial charge in [-0.25, -0.2) is 14.8 Å². The lowest BCUT2D eigenvalue weighted by Crippen LogP contribution is -2.32. The number of fused-ring (bicyclic) bond motifs is 1. The third-order valence-corrected chi connectivity index (χ3v) is 4.51. The summed E-state index contributed by atoms with van der Waals surface area (Å²) in [6.07, 6.45) is 6.61. The van der Waals surface area contributed by atoms with Gasteiger partial charge in [0.25, 0.3) is 0 Å². The van der Waals surface area contributed by atoms with E-state index in [9.17, 15) is 4.79 Å². The van der Waals surface area contributed by atoms with Crippen LogP contribution in [-0.4, -0.2) is 31.9 Å². The number of amides is 1. The maximum absolute atomic E-state index is 12.6. The third-order valence-electron chi connectivity index (χ3n) is 4.51. The zero-order valence-electron chi connectivity index (χ0n) is 13.7. The highest BCUT2D eigenvalue weighted by Gasteiger charge is 2.34. The molecule has 0 radical (unpaired) electrons. The molecule has 1 aromatic carbocycles. The van der Waals surface area contributed by atoms with Crippen molar-refractivity contribution in [2.75, 3.05) is 12.3 Å². The Morgan fingerprint density at radius 3 is 2.96 bits per heavy atom. The van der Waals surface area contributed by atoms with E-state index in [0.717, 1.165) is 29.7 Å². The van der Waals surface area contributed by atoms with Gasteiger partial charge in [0, 0.05) is 18.9 Å². The lowest BCUT2D eigenvalue weighted by atomic mass is 10.2. The highest BCUT2D eigenvalue weighted by atomic mass is 16.6. The molecular formula is C18H19N5O2. The Morgan fingerprint density at radius 1 is 1.28 bits per heavy atom. The van der Waals surface area contributed by atoms with Gasteiger partial charge >= 0.3 is 6.09 Å². The van der Waals surface area contributed by atoms with Gasteiger partial charge in [-0.05, 0) is 18.4 Å². The topological polar surface area (TPSA) is 85.8 Å². The summed E-state index contributed by atoms with van der Waals surface area (Å²) in [5, 5.41) is 0. The summed E-state index contributed by atoms with van der Waals surface area (Å²) in [6.45, 7) is 0.926. The van der Waals surface area contributed by atoms with E-state index in [0.29, 0.717) is 12.4 Å². The van der Waals surface area contributed by atoms with Crippen LogP contribution in [0.25, 0.3) is 5.52 Å². The molecule has 1 aliphatic rings. The molecule has 0 spiro atoms. The number of nitrogens with two attached hydrogens (primary N) is 1. The first-order valence-electron chi connectivity index (χ1n) is 8.29. The number of carbonyl (C=O) groups excluding carboxylic acids is 1. The van der Waals surface area contributed by atoms with Crippen LogP contribution in [0.2, 0.25) is 0 Å². The van der Waals surface area contributed by atoms with Gasteiger partial charge in [0.05, 0.1) is 12.2 Å². The molecule has 1 aliphatic heterocycles. The average molecular weight is 337 g/mol. The van der Waals surface area contributed by atoms with E-state index in [1.165, 1.54) is 0 Å². The second-order valence-corrected chi connectivity index (χ2v) is 6.08. The molecule has 1 fully saturated rings. The molecule has 4 rings (SSSR count). The first kappa shape index (κ1) is 15.4. The van der Waals surface area contributed by atoms with Crippen LogP contribution in [-0.2, 0) is 11.3 Å². The van der Waals surface area contributed by atoms with Crippen molar-refractivity contribution in [3.05, 3.63) is 60.3 Å². The van der Waals surface area contributed by atoms with Crippen LogP contribution in [0.3, 0.4) is 0 Å². The van der Waals surface area contributed by atoms with Gasteiger partial charge in [-0.2, -0.15) is 0 Å². The van der Waals surface area contributed by atoms with E-state index in [-0.39, 0.29) is 18.7 Å². The Kier molecular flexibility index (Phi) is 3.97. The zero-order valence-corrected chi connectivity index (χ0v) is 13.7. The standard InChI is InChI=1S/C18H19N5O2/c19-16-15-11-21-17(22(15)10-8-20-16)14-7-4-9-23(14)18(24)25-12-13-5-2-1-3-6-13/h1-3,5-6,8,10-11,14H,4,7,9,12H2,(H2,19,20)/t14-/m0/s1. The molecule has 7 nitrogen and oxygen atoms in total. The van der Waals surface area contributed by atoms with E-state index < -0.39 is 0 Å². The van der Waals surface area contributed by atoms with Gasteiger partial charge in [0.2, 0.25) is 0 Å². The minimum Gasteiger partial charge on any atom is -0.445 e. The van der Waals surface area contributed by atoms with Crippen LogP contribution in [0, 0.1) is 0 Å². The van der Waals surface area contributed by atoms with Crippen molar-refractivity contribution in [1.29, 1.82) is 0 Å². The van der Waals surface area contributed by atoms with Crippen molar-refractivity contribution in [2.24, 2.45) is 0 Å². The molecular weight excluding hydrogens is 318 g/mol. The van der Waals surface area contributed by atoms with Gasteiger partial charge in [-0.1, -0.05) is 30.3 Å². The monoisotopic (exact) mass is 337 g/mol. The number of hydrogen-bond acceptors (Lipinski definition) is 5. The van der Waals surface area contributed by atoms with Crippen molar-refractivity contribution >= 4 is 17.4 Å². The molecule has 7 heteroatoms. The number of hydrogen-bond donors (Lipinski definition) is 1. The van der Waals surface area contributed by atoms with E-state index in [2.05, 4.69) is 9.97 Å². The van der Waals surface area contributed by atoms with Crippen molar-refractivity contribution < 1.29 is 9.53 Å². The highest BCUT2D eigenvalue weighted by molar-refractivity contribution is 5.69. The fourth-order valence-corrected chi connectivity index (χ4v) is 3.27. The van der Waals surface area contributed by atoms with Crippen LogP contribution in [0.4, 0.5) is 10.6 Å². The number of likely N-dealkylation sites (tertiary alicyclic amines) is 1. The summed E-state index contributed by atoms with van der Waals surface area (Å²) in [7, 11) is 0. The number of aromatic nitrogens is 3. The molecule has 128 valence electrons. The van der Waals surface area contributed by atoms with Gasteiger partial charge < -0.3 is 10.5 Å². The predicted molar refractivity (Wildman–Crippen MR) is 92.7 cm³/mol. The summed E-state index contributed by atoms with van der Waals surface area (Å²) in [4.78, 5) is 22.9. The Balaban J connectivity index is 1.53. The molecule has 2 aromatic heterocycles. The molecule has 3 aromatic rings. The van der Waals surface area contributed by atoms with Crippen LogP contribution in [0.1, 0.15) is 30.3 Å². The van der Waals surface area contributed by atoms with E-state index >= 15 is 0 Å². The lowest BCUT2D eigenvalue weighted by molar-refractivity contribution is 0.0908. The zero-order chi connectivity index (χ0) is 17.2. The summed E-state index contributed by atoms with van der Waals surface area (Å²) in [5.41, 5.74) is 7.62. The fourth-order valence-electron chi connectivity index (χ4n) is 3.27. The Hall–Kier alpha value is -3.09. The smallest absolute Gasteiger partial charge is 0.410 e. The maximum Gasteiger partial charge on any atom is 0.410 e. The largest absolute Gasteiger partial charge is 0.445 e. The van der Waals surface area contributed by atoms with E-state index in [1.807, 2.05) is 40.9 Å². The number of anilines is 1. The summed E-state index contributed by atoms with van der Waals surface area (Å²) >= 11 is 0. The SMILES string of the molecule is Nc1nccn2c([C@@H]3CCCN3C(=O)OCc3ccccc3)ncc12. The van der Waals surface area contributed by atoms with Gasteiger partial charge in [0.15, 0.2) is 0 Å². The number of benzene rings is 1. The molecule has 1 amide bonds. The molecule has 3 heterocycles. The van der Waals surface area contributed by atoms with Gasteiger partial charge in [-0.15, -0.1) is 0 Å². The average Bonchev–Trinajstić information content (AvgIpc) is 3.27. The lowest BCUT2D eigenvalue weighted by Gasteiger charge is -2.23. The third kappa shape index (κ3) is 2.88. The molecule has 0 saturated carbocycles. The number of rotatable bonds is 3. The van der Waals surface area contributed by atoms with Crippen molar-refractivity contribution in [3.63, 3.8) is 0 Å². The molecule has 1 atom stereocenters. The van der Waals surface area contributed by atoms with Crippen molar-refractivity contribution in [2.45, 2.75) is 25.5 Å². The van der Waals surface area contributed by atoms with E-state index in [4.69, 9.17) is 10.5 Å². The fraction of sp³-hybridized carbons (Fsp3) is 0.278. The molecule has 0 aliphatic carbocycles. The molecule has 0 bridgehead atoms. The Labute approximate surface area is 145 Å². The molecule has 25 heavy (non-hydrogen) atoms. The minimum atomic E-state index is -0.315. The summed E-state index contributed by atoms with van der Waals surface area (Å²) in [6, 6.07) is 9.55. The van der Waals surface area contributed by atoms with Gasteiger partial charge in [0.1, 0.15) is 23.8 Å². The number of ether oxygens (including phenoxy) is 1. The second-order valence-electron chi connectivity index (χ2n) is 6.08. The van der Waals surface area contributed by atoms with E-state index in [1.54, 1.807) is 17.3 Å². The Morgan fingerprint density at radius 2 is 2.12 bits per heavy atom. The highest BCUT2D eigenvalue weighted by Crippen LogP contribution is 2.32. The summed E-state index contributed by atoms with van der Waals surface area (Å²) < 4.78 is 7.39. The van der Waals surface area contributed by atoms with Crippen LogP contribution >= 0.6 is 0 Å². The number of carbonyl (C=O) groups is 1. The maximum atomic E-state index is 12.6. The van der Waals surface area contributed by atoms with Crippen molar-refractivity contribution in [1.82, 2.24) is 19.3 Å². The number of imidazole rings is 1. The second kappa shape index (κ2) is 6.43.